The topological polar surface area (TPSA) is 105 Å². The molecule has 0 saturated heterocycles. The molecule has 21 heavy (non-hydrogen) atoms. The van der Waals surface area contributed by atoms with Crippen molar-refractivity contribution in [1.82, 2.24) is 5.32 Å². The summed E-state index contributed by atoms with van der Waals surface area (Å²) in [5.74, 6) is -1.13. The van der Waals surface area contributed by atoms with E-state index < -0.39 is 5.97 Å². The van der Waals surface area contributed by atoms with Crippen molar-refractivity contribution in [2.24, 2.45) is 0 Å². The second kappa shape index (κ2) is 8.80. The summed E-state index contributed by atoms with van der Waals surface area (Å²) in [7, 11) is 1.55. The lowest BCUT2D eigenvalue weighted by Crippen LogP contribution is -2.39. The van der Waals surface area contributed by atoms with E-state index in [4.69, 9.17) is 15.6 Å². The molecule has 0 spiro atoms. The maximum Gasteiger partial charge on any atom is 0.305 e. The number of rotatable bonds is 9. The molecule has 0 aliphatic rings. The summed E-state index contributed by atoms with van der Waals surface area (Å²) < 4.78 is 4.85. The van der Waals surface area contributed by atoms with Gasteiger partial charge in [-0.3, -0.25) is 9.59 Å². The van der Waals surface area contributed by atoms with Crippen LogP contribution in [-0.4, -0.2) is 50.3 Å². The largest absolute Gasteiger partial charge is 0.481 e. The van der Waals surface area contributed by atoms with Gasteiger partial charge in [-0.2, -0.15) is 0 Å². The Hall–Kier alpha value is -2.28. The zero-order chi connectivity index (χ0) is 15.7. The number of para-hydroxylation sites is 2. The van der Waals surface area contributed by atoms with Crippen LogP contribution in [0.3, 0.4) is 0 Å². The fourth-order valence-electron chi connectivity index (χ4n) is 1.81. The fraction of sp³-hybridized carbons (Fsp3) is 0.429. The van der Waals surface area contributed by atoms with Crippen LogP contribution in [-0.2, 0) is 14.3 Å². The molecule has 1 amide bonds. The number of benzene rings is 1. The molecule has 0 bridgehead atoms. The van der Waals surface area contributed by atoms with E-state index in [2.05, 4.69) is 5.32 Å². The Kier molecular flexibility index (Phi) is 7.03. The number of ether oxygens (including phenoxy) is 1. The molecule has 0 aromatic heterocycles. The van der Waals surface area contributed by atoms with E-state index in [1.54, 1.807) is 36.3 Å². The number of carboxylic acid groups (broad SMARTS) is 1. The first-order valence-corrected chi connectivity index (χ1v) is 6.61. The minimum Gasteiger partial charge on any atom is -0.481 e. The first-order valence-electron chi connectivity index (χ1n) is 6.61. The van der Waals surface area contributed by atoms with Gasteiger partial charge in [-0.1, -0.05) is 12.1 Å². The SMILES string of the molecule is COCCNC(=O)CN(CCC(=O)O)c1ccccc1N. The molecule has 0 radical (unpaired) electrons. The van der Waals surface area contributed by atoms with Crippen LogP contribution in [0.4, 0.5) is 11.4 Å². The Morgan fingerprint density at radius 1 is 1.38 bits per heavy atom. The smallest absolute Gasteiger partial charge is 0.305 e. The number of nitrogens with one attached hydrogen (secondary N) is 1. The molecule has 0 unspecified atom stereocenters. The van der Waals surface area contributed by atoms with Crippen molar-refractivity contribution >= 4 is 23.3 Å². The predicted molar refractivity (Wildman–Crippen MR) is 80.2 cm³/mol. The molecule has 116 valence electrons. The van der Waals surface area contributed by atoms with Gasteiger partial charge in [0.25, 0.3) is 0 Å². The first-order chi connectivity index (χ1) is 10.0. The quantitative estimate of drug-likeness (QED) is 0.447. The Labute approximate surface area is 123 Å². The second-order valence-corrected chi connectivity index (χ2v) is 4.47. The number of carbonyl (C=O) groups is 2. The van der Waals surface area contributed by atoms with Crippen LogP contribution < -0.4 is 16.0 Å². The van der Waals surface area contributed by atoms with E-state index in [-0.39, 0.29) is 25.4 Å². The van der Waals surface area contributed by atoms with E-state index >= 15 is 0 Å². The zero-order valence-electron chi connectivity index (χ0n) is 12.0. The van der Waals surface area contributed by atoms with Crippen molar-refractivity contribution in [3.8, 4) is 0 Å². The van der Waals surface area contributed by atoms with Crippen LogP contribution in [0.1, 0.15) is 6.42 Å². The van der Waals surface area contributed by atoms with E-state index in [1.165, 1.54) is 0 Å². The fourth-order valence-corrected chi connectivity index (χ4v) is 1.81. The average Bonchev–Trinajstić information content (AvgIpc) is 2.44. The van der Waals surface area contributed by atoms with Gasteiger partial charge in [-0.15, -0.1) is 0 Å². The van der Waals surface area contributed by atoms with E-state index in [0.29, 0.717) is 24.5 Å². The van der Waals surface area contributed by atoms with Gasteiger partial charge in [0.15, 0.2) is 0 Å². The van der Waals surface area contributed by atoms with Gasteiger partial charge in [0.2, 0.25) is 5.91 Å². The summed E-state index contributed by atoms with van der Waals surface area (Å²) in [5, 5.41) is 11.5. The van der Waals surface area contributed by atoms with E-state index in [1.807, 2.05) is 0 Å². The van der Waals surface area contributed by atoms with Gasteiger partial charge in [0.05, 0.1) is 30.9 Å². The third-order valence-corrected chi connectivity index (χ3v) is 2.84. The van der Waals surface area contributed by atoms with E-state index in [9.17, 15) is 9.59 Å². The van der Waals surface area contributed by atoms with Gasteiger partial charge < -0.3 is 25.8 Å². The van der Waals surface area contributed by atoms with Gasteiger partial charge >= 0.3 is 5.97 Å². The number of nitrogen functional groups attached to an aromatic ring is 1. The summed E-state index contributed by atoms with van der Waals surface area (Å²) in [6.07, 6.45) is -0.0698. The Balaban J connectivity index is 2.71. The molecule has 0 aliphatic carbocycles. The lowest BCUT2D eigenvalue weighted by atomic mass is 10.2. The molecule has 0 saturated carbocycles. The minimum absolute atomic E-state index is 0.0468. The minimum atomic E-state index is -0.922. The lowest BCUT2D eigenvalue weighted by Gasteiger charge is -2.25. The number of hydrogen-bond acceptors (Lipinski definition) is 5. The monoisotopic (exact) mass is 295 g/mol. The maximum atomic E-state index is 11.9. The third-order valence-electron chi connectivity index (χ3n) is 2.84. The second-order valence-electron chi connectivity index (χ2n) is 4.47. The van der Waals surface area contributed by atoms with Crippen molar-refractivity contribution in [3.63, 3.8) is 0 Å². The number of aliphatic carboxylic acids is 1. The molecular formula is C14H21N3O4. The Morgan fingerprint density at radius 3 is 2.71 bits per heavy atom. The highest BCUT2D eigenvalue weighted by Crippen LogP contribution is 2.22. The molecular weight excluding hydrogens is 274 g/mol. The molecule has 7 heteroatoms. The van der Waals surface area contributed by atoms with Crippen molar-refractivity contribution in [2.45, 2.75) is 6.42 Å². The number of nitrogens with zero attached hydrogens (tertiary/aromatic N) is 1. The van der Waals surface area contributed by atoms with Crippen LogP contribution in [0.2, 0.25) is 0 Å². The van der Waals surface area contributed by atoms with Gasteiger partial charge in [0.1, 0.15) is 0 Å². The summed E-state index contributed by atoms with van der Waals surface area (Å²) in [6.45, 7) is 1.09. The predicted octanol–water partition coefficient (Wildman–Crippen LogP) is 0.313. The van der Waals surface area contributed by atoms with Gasteiger partial charge in [-0.05, 0) is 12.1 Å². The average molecular weight is 295 g/mol. The molecule has 7 nitrogen and oxygen atoms in total. The van der Waals surface area contributed by atoms with Crippen LogP contribution >= 0.6 is 0 Å². The maximum absolute atomic E-state index is 11.9. The van der Waals surface area contributed by atoms with Crippen molar-refractivity contribution in [3.05, 3.63) is 24.3 Å². The highest BCUT2D eigenvalue weighted by molar-refractivity contribution is 5.83. The molecule has 4 N–H and O–H groups in total. The summed E-state index contributed by atoms with van der Waals surface area (Å²) in [4.78, 5) is 24.3. The standard InChI is InChI=1S/C14H21N3O4/c1-21-9-7-16-13(18)10-17(8-6-14(19)20)12-5-3-2-4-11(12)15/h2-5H,6-10,15H2,1H3,(H,16,18)(H,19,20). The van der Waals surface area contributed by atoms with Crippen molar-refractivity contribution in [1.29, 1.82) is 0 Å². The van der Waals surface area contributed by atoms with Crippen molar-refractivity contribution < 1.29 is 19.4 Å². The van der Waals surface area contributed by atoms with Gasteiger partial charge in [-0.25, -0.2) is 0 Å². The Morgan fingerprint density at radius 2 is 2.10 bits per heavy atom. The first kappa shape index (κ1) is 16.8. The van der Waals surface area contributed by atoms with Crippen LogP contribution in [0, 0.1) is 0 Å². The zero-order valence-corrected chi connectivity index (χ0v) is 12.0. The third kappa shape index (κ3) is 6.13. The molecule has 0 atom stereocenters. The van der Waals surface area contributed by atoms with E-state index in [0.717, 1.165) is 0 Å². The molecule has 0 aliphatic heterocycles. The molecule has 1 aromatic carbocycles. The summed E-state index contributed by atoms with van der Waals surface area (Å²) >= 11 is 0. The molecule has 0 heterocycles. The number of carboxylic acids is 1. The summed E-state index contributed by atoms with van der Waals surface area (Å²) in [6, 6.07) is 7.06. The Bertz CT molecular complexity index is 479. The molecule has 1 aromatic rings. The number of anilines is 2. The highest BCUT2D eigenvalue weighted by atomic mass is 16.5. The number of methoxy groups -OCH3 is 1. The van der Waals surface area contributed by atoms with Crippen LogP contribution in [0.25, 0.3) is 0 Å². The normalized spacial score (nSPS) is 10.1. The lowest BCUT2D eigenvalue weighted by molar-refractivity contribution is -0.136. The summed E-state index contributed by atoms with van der Waals surface area (Å²) in [5.41, 5.74) is 7.04. The number of hydrogen-bond donors (Lipinski definition) is 3. The van der Waals surface area contributed by atoms with Crippen molar-refractivity contribution in [2.75, 3.05) is 44.0 Å². The number of nitrogens with two attached hydrogens (primary N) is 1. The van der Waals surface area contributed by atoms with Gasteiger partial charge in [0, 0.05) is 20.2 Å². The molecule has 1 rings (SSSR count). The van der Waals surface area contributed by atoms with Crippen LogP contribution in [0.5, 0.6) is 0 Å². The van der Waals surface area contributed by atoms with Crippen LogP contribution in [0.15, 0.2) is 24.3 Å². The molecule has 0 fully saturated rings. The number of carbonyl (C=O) groups excluding carboxylic acids is 1. The number of amides is 1. The highest BCUT2D eigenvalue weighted by Gasteiger charge is 2.14.